The summed E-state index contributed by atoms with van der Waals surface area (Å²) in [5.41, 5.74) is 3.21. The van der Waals surface area contributed by atoms with Gasteiger partial charge in [-0.1, -0.05) is 212 Å². The van der Waals surface area contributed by atoms with Gasteiger partial charge in [-0.2, -0.15) is 0 Å². The zero-order valence-electron chi connectivity index (χ0n) is 39.9. The van der Waals surface area contributed by atoms with Gasteiger partial charge in [-0.05, 0) is 38.9 Å². The van der Waals surface area contributed by atoms with Gasteiger partial charge in [0.2, 0.25) is 0 Å². The van der Waals surface area contributed by atoms with Gasteiger partial charge in [0.15, 0.2) is 5.60 Å². The standard InChI is InChI=1S/C61H63O10/c62-53-43-66-55(45-65-38-48-26-12-3-13-27-48)61(70-42-52-34-20-7-21-35-52,57(53)67-39-49-28-14-4-15-29-49)59-56(63)58(68-40-50-30-16-5-17-31-50)60(36-46-22-8-1-9-23-46,69-41-51-32-18-6-19-33-51)54(71-59)44-64-37-47-24-10-2-11-25-47/h1-35,43,53-59,62-63H,36-42,44-45H2/t53-,54+,55+,56+,57+,58+,59+,60-,61+/m0/s1. The number of aliphatic hydroxyl groups excluding tert-OH is 2. The Morgan fingerprint density at radius 2 is 0.761 bits per heavy atom. The summed E-state index contributed by atoms with van der Waals surface area (Å²) in [6.07, 6.45) is -8.15. The molecule has 0 bridgehead atoms. The van der Waals surface area contributed by atoms with Crippen molar-refractivity contribution in [2.24, 2.45) is 0 Å². The molecule has 0 saturated carbocycles. The third-order valence-electron chi connectivity index (χ3n) is 13.4. The Morgan fingerprint density at radius 3 is 1.21 bits per heavy atom. The molecule has 2 N–H and O–H groups in total. The fourth-order valence-corrected chi connectivity index (χ4v) is 9.77. The van der Waals surface area contributed by atoms with Crippen molar-refractivity contribution in [1.29, 1.82) is 0 Å². The molecule has 1 radical (unpaired) electrons. The van der Waals surface area contributed by atoms with Gasteiger partial charge in [0.25, 0.3) is 0 Å². The first-order valence-electron chi connectivity index (χ1n) is 24.4. The molecule has 7 aromatic carbocycles. The van der Waals surface area contributed by atoms with Gasteiger partial charge >= 0.3 is 0 Å². The van der Waals surface area contributed by atoms with Crippen LogP contribution in [0.2, 0.25) is 0 Å². The highest BCUT2D eigenvalue weighted by Gasteiger charge is 2.68. The van der Waals surface area contributed by atoms with Crippen molar-refractivity contribution in [3.63, 3.8) is 0 Å². The van der Waals surface area contributed by atoms with E-state index in [-0.39, 0.29) is 59.3 Å². The molecule has 7 aromatic rings. The van der Waals surface area contributed by atoms with Crippen LogP contribution in [-0.4, -0.2) is 77.4 Å². The van der Waals surface area contributed by atoms with E-state index in [4.69, 9.17) is 37.9 Å². The number of hydrogen-bond donors (Lipinski definition) is 2. The molecule has 2 saturated heterocycles. The van der Waals surface area contributed by atoms with Crippen molar-refractivity contribution in [3.05, 3.63) is 258 Å². The SMILES string of the molecule is O[C@@H]1[C@@H](OCc2ccccc2)[C@@](Cc2ccccc2)(OCc2ccccc2)[C@@H](COCc2ccccc2)O[C@H]1[C@]1(OCc2ccccc2)[C@H](OCc2ccccc2)[C@@H](O)[CH]O[C@@H]1COCc1ccccc1. The van der Waals surface area contributed by atoms with E-state index in [1.54, 1.807) is 0 Å². The third-order valence-corrected chi connectivity index (χ3v) is 13.4. The van der Waals surface area contributed by atoms with E-state index in [0.29, 0.717) is 0 Å². The fraction of sp³-hybridized carbons (Fsp3) is 0.295. The molecule has 2 aliphatic rings. The number of aliphatic hydroxyl groups is 2. The minimum absolute atomic E-state index is 0.0138. The Balaban J connectivity index is 1.21. The lowest BCUT2D eigenvalue weighted by Crippen LogP contribution is -2.79. The van der Waals surface area contributed by atoms with Crippen LogP contribution in [0, 0.1) is 6.61 Å². The molecule has 9 atom stereocenters. The van der Waals surface area contributed by atoms with Crippen LogP contribution in [-0.2, 0) is 84.0 Å². The lowest BCUT2D eigenvalue weighted by molar-refractivity contribution is -0.372. The Kier molecular flexibility index (Phi) is 17.6. The summed E-state index contributed by atoms with van der Waals surface area (Å²) >= 11 is 0. The molecule has 367 valence electrons. The average Bonchev–Trinajstić information content (AvgIpc) is 3.42. The van der Waals surface area contributed by atoms with E-state index >= 15 is 0 Å². The van der Waals surface area contributed by atoms with Crippen LogP contribution in [0.3, 0.4) is 0 Å². The second kappa shape index (κ2) is 25.0. The van der Waals surface area contributed by atoms with Crippen molar-refractivity contribution < 1.29 is 48.1 Å². The van der Waals surface area contributed by atoms with Gasteiger partial charge in [0, 0.05) is 6.42 Å². The average molecular weight is 956 g/mol. The zero-order chi connectivity index (χ0) is 48.6. The van der Waals surface area contributed by atoms with Crippen LogP contribution < -0.4 is 0 Å². The van der Waals surface area contributed by atoms with Crippen molar-refractivity contribution in [2.75, 3.05) is 13.2 Å². The molecule has 2 fully saturated rings. The molecule has 2 heterocycles. The van der Waals surface area contributed by atoms with Gasteiger partial charge in [0.05, 0.1) is 52.9 Å². The topological polar surface area (TPSA) is 114 Å². The van der Waals surface area contributed by atoms with E-state index in [1.807, 2.05) is 212 Å². The smallest absolute Gasteiger partial charge is 0.154 e. The van der Waals surface area contributed by atoms with E-state index in [0.717, 1.165) is 38.9 Å². The summed E-state index contributed by atoms with van der Waals surface area (Å²) in [7, 11) is 0. The molecule has 10 nitrogen and oxygen atoms in total. The minimum atomic E-state index is -1.79. The molecule has 2 aliphatic heterocycles. The van der Waals surface area contributed by atoms with Crippen LogP contribution >= 0.6 is 0 Å². The number of benzene rings is 7. The summed E-state index contributed by atoms with van der Waals surface area (Å²) in [5.74, 6) is 0. The Hall–Kier alpha value is -5.86. The summed E-state index contributed by atoms with van der Waals surface area (Å²) in [6, 6.07) is 69.2. The lowest BCUT2D eigenvalue weighted by Gasteiger charge is -2.60. The molecule has 71 heavy (non-hydrogen) atoms. The molecule has 0 aromatic heterocycles. The van der Waals surface area contributed by atoms with Gasteiger partial charge in [-0.25, -0.2) is 0 Å². The molecule has 0 spiro atoms. The maximum Gasteiger partial charge on any atom is 0.154 e. The monoisotopic (exact) mass is 955 g/mol. The molecule has 0 aliphatic carbocycles. The van der Waals surface area contributed by atoms with E-state index < -0.39 is 53.9 Å². The fourth-order valence-electron chi connectivity index (χ4n) is 9.77. The number of ether oxygens (including phenoxy) is 8. The largest absolute Gasteiger partial charge is 0.387 e. The normalized spacial score (nSPS) is 25.4. The summed E-state index contributed by atoms with van der Waals surface area (Å²) in [5, 5.41) is 26.1. The highest BCUT2D eigenvalue weighted by atomic mass is 16.7. The van der Waals surface area contributed by atoms with Crippen LogP contribution in [0.1, 0.15) is 38.9 Å². The van der Waals surface area contributed by atoms with Crippen LogP contribution in [0.15, 0.2) is 212 Å². The Morgan fingerprint density at radius 1 is 0.394 bits per heavy atom. The predicted molar refractivity (Wildman–Crippen MR) is 270 cm³/mol. The maximum absolute atomic E-state index is 13.8. The zero-order valence-corrected chi connectivity index (χ0v) is 39.9. The molecule has 10 heteroatoms. The first-order valence-corrected chi connectivity index (χ1v) is 24.4. The summed E-state index contributed by atoms with van der Waals surface area (Å²) in [4.78, 5) is 0. The van der Waals surface area contributed by atoms with Crippen molar-refractivity contribution in [2.45, 2.75) is 100.0 Å². The van der Waals surface area contributed by atoms with E-state index in [2.05, 4.69) is 0 Å². The maximum atomic E-state index is 13.8. The number of rotatable bonds is 23. The highest BCUT2D eigenvalue weighted by molar-refractivity contribution is 5.26. The second-order valence-electron chi connectivity index (χ2n) is 18.2. The van der Waals surface area contributed by atoms with Gasteiger partial charge in [0.1, 0.15) is 54.9 Å². The first kappa shape index (κ1) is 50.1. The summed E-state index contributed by atoms with van der Waals surface area (Å²) < 4.78 is 56.3. The van der Waals surface area contributed by atoms with Gasteiger partial charge < -0.3 is 48.1 Å². The van der Waals surface area contributed by atoms with E-state index in [9.17, 15) is 10.2 Å². The number of hydrogen-bond acceptors (Lipinski definition) is 10. The van der Waals surface area contributed by atoms with Crippen molar-refractivity contribution in [1.82, 2.24) is 0 Å². The first-order chi connectivity index (χ1) is 35.0. The van der Waals surface area contributed by atoms with Crippen LogP contribution in [0.5, 0.6) is 0 Å². The highest BCUT2D eigenvalue weighted by Crippen LogP contribution is 2.48. The van der Waals surface area contributed by atoms with Gasteiger partial charge in [-0.15, -0.1) is 0 Å². The Bertz CT molecular complexity index is 2580. The molecular formula is C61H63O10. The quantitative estimate of drug-likeness (QED) is 0.0643. The molecular weight excluding hydrogens is 893 g/mol. The minimum Gasteiger partial charge on any atom is -0.387 e. The van der Waals surface area contributed by atoms with Gasteiger partial charge in [-0.3, -0.25) is 0 Å². The molecule has 9 rings (SSSR count). The third kappa shape index (κ3) is 12.6. The van der Waals surface area contributed by atoms with Crippen LogP contribution in [0.25, 0.3) is 0 Å². The Labute approximate surface area is 417 Å². The molecule has 0 amide bonds. The molecule has 0 unspecified atom stereocenters. The summed E-state index contributed by atoms with van der Waals surface area (Å²) in [6.45, 7) is 2.31. The van der Waals surface area contributed by atoms with Crippen LogP contribution in [0.4, 0.5) is 0 Å². The van der Waals surface area contributed by atoms with E-state index in [1.165, 1.54) is 6.61 Å². The lowest BCUT2D eigenvalue weighted by atomic mass is 9.70. The van der Waals surface area contributed by atoms with Crippen molar-refractivity contribution in [3.8, 4) is 0 Å². The second-order valence-corrected chi connectivity index (χ2v) is 18.2. The van der Waals surface area contributed by atoms with Crippen molar-refractivity contribution >= 4 is 0 Å². The predicted octanol–water partition coefficient (Wildman–Crippen LogP) is 9.79.